The molecule has 2 aromatic carbocycles. The lowest BCUT2D eigenvalue weighted by atomic mass is 10.1. The van der Waals surface area contributed by atoms with Gasteiger partial charge in [0.25, 0.3) is 5.91 Å². The van der Waals surface area contributed by atoms with E-state index in [-0.39, 0.29) is 11.7 Å². The summed E-state index contributed by atoms with van der Waals surface area (Å²) < 4.78 is 36.4. The van der Waals surface area contributed by atoms with Gasteiger partial charge in [0.05, 0.1) is 13.7 Å². The second-order valence-electron chi connectivity index (χ2n) is 9.14. The van der Waals surface area contributed by atoms with Gasteiger partial charge < -0.3 is 23.8 Å². The largest absolute Gasteiger partial charge is 0.496 e. The number of fused-ring (bicyclic) bond motifs is 1. The molecule has 1 atom stereocenters. The van der Waals surface area contributed by atoms with E-state index in [4.69, 9.17) is 18.9 Å². The average molecular weight is 473 g/mol. The molecule has 2 aliphatic heterocycles. The van der Waals surface area contributed by atoms with Crippen LogP contribution in [-0.4, -0.2) is 68.4 Å². The summed E-state index contributed by atoms with van der Waals surface area (Å²) in [4.78, 5) is 17.5. The van der Waals surface area contributed by atoms with Crippen molar-refractivity contribution >= 4 is 5.91 Å². The van der Waals surface area contributed by atoms with Crippen LogP contribution in [0.2, 0.25) is 0 Å². The van der Waals surface area contributed by atoms with Crippen molar-refractivity contribution in [2.24, 2.45) is 5.92 Å². The fraction of sp³-hybridized carbons (Fsp3) is 0.500. The topological polar surface area (TPSA) is 60.5 Å². The maximum atomic E-state index is 13.8. The third-order valence-corrected chi connectivity index (χ3v) is 5.94. The summed E-state index contributed by atoms with van der Waals surface area (Å²) >= 11 is 0. The third-order valence-electron chi connectivity index (χ3n) is 5.94. The van der Waals surface area contributed by atoms with E-state index in [2.05, 4.69) is 18.7 Å². The van der Waals surface area contributed by atoms with E-state index < -0.39 is 6.10 Å². The van der Waals surface area contributed by atoms with Crippen molar-refractivity contribution in [3.8, 4) is 17.2 Å². The van der Waals surface area contributed by atoms with Gasteiger partial charge in [0.15, 0.2) is 11.5 Å². The van der Waals surface area contributed by atoms with E-state index >= 15 is 0 Å². The van der Waals surface area contributed by atoms with E-state index in [1.807, 2.05) is 23.1 Å². The highest BCUT2D eigenvalue weighted by Gasteiger charge is 2.31. The molecule has 0 aromatic heterocycles. The highest BCUT2D eigenvalue weighted by Crippen LogP contribution is 2.31. The minimum Gasteiger partial charge on any atom is -0.496 e. The third kappa shape index (κ3) is 5.98. The number of methoxy groups -OCH3 is 1. The van der Waals surface area contributed by atoms with Gasteiger partial charge in [-0.15, -0.1) is 0 Å². The van der Waals surface area contributed by atoms with Gasteiger partial charge in [0, 0.05) is 38.3 Å². The van der Waals surface area contributed by atoms with Gasteiger partial charge >= 0.3 is 0 Å². The van der Waals surface area contributed by atoms with Crippen molar-refractivity contribution in [1.29, 1.82) is 0 Å². The second kappa shape index (κ2) is 11.1. The van der Waals surface area contributed by atoms with Crippen LogP contribution in [-0.2, 0) is 22.6 Å². The Morgan fingerprint density at radius 2 is 1.94 bits per heavy atom. The normalized spacial score (nSPS) is 18.1. The van der Waals surface area contributed by atoms with Crippen molar-refractivity contribution < 1.29 is 28.1 Å². The predicted octanol–water partition coefficient (Wildman–Crippen LogP) is 3.49. The molecule has 1 unspecified atom stereocenters. The second-order valence-corrected chi connectivity index (χ2v) is 9.14. The van der Waals surface area contributed by atoms with Crippen LogP contribution in [0.1, 0.15) is 25.0 Å². The first-order chi connectivity index (χ1) is 16.4. The molecule has 1 saturated heterocycles. The Balaban J connectivity index is 1.45. The molecule has 8 heteroatoms. The van der Waals surface area contributed by atoms with E-state index in [1.54, 1.807) is 13.2 Å². The summed E-state index contributed by atoms with van der Waals surface area (Å²) in [7, 11) is 1.57. The van der Waals surface area contributed by atoms with Crippen LogP contribution in [0.5, 0.6) is 17.2 Å². The molecular weight excluding hydrogens is 439 g/mol. The lowest BCUT2D eigenvalue weighted by Gasteiger charge is -2.36. The van der Waals surface area contributed by atoms with E-state index in [9.17, 15) is 9.18 Å². The van der Waals surface area contributed by atoms with Crippen molar-refractivity contribution in [2.45, 2.75) is 33.0 Å². The van der Waals surface area contributed by atoms with E-state index in [0.29, 0.717) is 70.0 Å². The summed E-state index contributed by atoms with van der Waals surface area (Å²) in [5, 5.41) is 0. The molecule has 1 fully saturated rings. The number of halogens is 1. The van der Waals surface area contributed by atoms with Gasteiger partial charge in [-0.1, -0.05) is 19.9 Å². The van der Waals surface area contributed by atoms with Crippen molar-refractivity contribution in [2.75, 3.05) is 46.6 Å². The summed E-state index contributed by atoms with van der Waals surface area (Å²) in [6, 6.07) is 10.3. The van der Waals surface area contributed by atoms with Crippen LogP contribution in [0.15, 0.2) is 36.4 Å². The van der Waals surface area contributed by atoms with Gasteiger partial charge in [-0.3, -0.25) is 9.69 Å². The average Bonchev–Trinajstić information content (AvgIpc) is 2.83. The molecule has 1 amide bonds. The molecule has 0 N–H and O–H groups in total. The number of hydrogen-bond acceptors (Lipinski definition) is 6. The number of carbonyl (C=O) groups excluding carboxylic acids is 1. The minimum absolute atomic E-state index is 0.0421. The molecule has 2 heterocycles. The Kier molecular flexibility index (Phi) is 7.90. The first kappa shape index (κ1) is 24.3. The minimum atomic E-state index is -0.579. The number of benzene rings is 2. The fourth-order valence-corrected chi connectivity index (χ4v) is 4.39. The summed E-state index contributed by atoms with van der Waals surface area (Å²) in [6.45, 7) is 8.35. The smallest absolute Gasteiger partial charge is 0.253 e. The molecule has 0 saturated carbocycles. The van der Waals surface area contributed by atoms with Crippen LogP contribution in [0, 0.1) is 11.7 Å². The number of nitrogens with zero attached hydrogens (tertiary/aromatic N) is 2. The van der Waals surface area contributed by atoms with Gasteiger partial charge in [-0.2, -0.15) is 0 Å². The molecule has 2 aromatic rings. The number of morpholine rings is 1. The molecule has 4 rings (SSSR count). The van der Waals surface area contributed by atoms with Gasteiger partial charge in [0.2, 0.25) is 0 Å². The Hall–Kier alpha value is -2.84. The Bertz CT molecular complexity index is 999. The molecule has 34 heavy (non-hydrogen) atoms. The number of hydrogen-bond donors (Lipinski definition) is 0. The fourth-order valence-electron chi connectivity index (χ4n) is 4.39. The monoisotopic (exact) mass is 472 g/mol. The van der Waals surface area contributed by atoms with E-state index in [1.165, 1.54) is 12.1 Å². The van der Waals surface area contributed by atoms with Crippen molar-refractivity contribution in [3.63, 3.8) is 0 Å². The van der Waals surface area contributed by atoms with E-state index in [0.717, 1.165) is 16.9 Å². The SMILES string of the molecule is COc1ccc(F)cc1CN1CCOC(C(=O)N(Cc2ccc3c(c2)OCCO3)CC(C)C)C1. The number of carbonyl (C=O) groups is 1. The zero-order valence-corrected chi connectivity index (χ0v) is 20.1. The summed E-state index contributed by atoms with van der Waals surface area (Å²) in [6.07, 6.45) is -0.579. The first-order valence-corrected chi connectivity index (χ1v) is 11.8. The molecule has 7 nitrogen and oxygen atoms in total. The molecule has 0 aliphatic carbocycles. The first-order valence-electron chi connectivity index (χ1n) is 11.8. The highest BCUT2D eigenvalue weighted by atomic mass is 19.1. The predicted molar refractivity (Wildman–Crippen MR) is 126 cm³/mol. The summed E-state index contributed by atoms with van der Waals surface area (Å²) in [5.41, 5.74) is 1.74. The van der Waals surface area contributed by atoms with Crippen molar-refractivity contribution in [1.82, 2.24) is 9.80 Å². The van der Waals surface area contributed by atoms with Crippen LogP contribution in [0.4, 0.5) is 4.39 Å². The lowest BCUT2D eigenvalue weighted by molar-refractivity contribution is -0.151. The maximum Gasteiger partial charge on any atom is 0.253 e. The zero-order valence-electron chi connectivity index (χ0n) is 20.1. The van der Waals surface area contributed by atoms with Crippen LogP contribution in [0.25, 0.3) is 0 Å². The quantitative estimate of drug-likeness (QED) is 0.586. The zero-order chi connectivity index (χ0) is 24.1. The van der Waals surface area contributed by atoms with Gasteiger partial charge in [-0.05, 0) is 41.8 Å². The molecule has 0 bridgehead atoms. The highest BCUT2D eigenvalue weighted by molar-refractivity contribution is 5.81. The summed E-state index contributed by atoms with van der Waals surface area (Å²) in [5.74, 6) is 2.03. The molecule has 2 aliphatic rings. The number of amides is 1. The van der Waals surface area contributed by atoms with Crippen LogP contribution < -0.4 is 14.2 Å². The number of ether oxygens (including phenoxy) is 4. The lowest BCUT2D eigenvalue weighted by Crippen LogP contribution is -2.51. The van der Waals surface area contributed by atoms with Gasteiger partial charge in [0.1, 0.15) is 30.9 Å². The van der Waals surface area contributed by atoms with Crippen molar-refractivity contribution in [3.05, 3.63) is 53.3 Å². The van der Waals surface area contributed by atoms with Gasteiger partial charge in [-0.25, -0.2) is 4.39 Å². The Morgan fingerprint density at radius 3 is 2.71 bits per heavy atom. The molecular formula is C26H33FN2O5. The van der Waals surface area contributed by atoms with Crippen LogP contribution >= 0.6 is 0 Å². The number of rotatable bonds is 8. The molecule has 0 spiro atoms. The standard InChI is InChI=1S/C26H33FN2O5/c1-18(2)14-29(15-19-4-6-23-24(12-19)34-11-10-33-23)26(30)25-17-28(8-9-32-25)16-20-13-21(27)5-7-22(20)31-3/h4-7,12-13,18,25H,8-11,14-17H2,1-3H3. The molecule has 0 radical (unpaired) electrons. The Labute approximate surface area is 200 Å². The molecule has 184 valence electrons. The maximum absolute atomic E-state index is 13.8. The van der Waals surface area contributed by atoms with Crippen LogP contribution in [0.3, 0.4) is 0 Å². The Morgan fingerprint density at radius 1 is 1.15 bits per heavy atom.